The molecule has 1 fully saturated rings. The molecule has 0 saturated carbocycles. The first-order valence-corrected chi connectivity index (χ1v) is 12.9. The first kappa shape index (κ1) is 22.0. The second kappa shape index (κ2) is 8.21. The smallest absolute Gasteiger partial charge is 0.253 e. The predicted octanol–water partition coefficient (Wildman–Crippen LogP) is 3.50. The van der Waals surface area contributed by atoms with Crippen LogP contribution < -0.4 is 5.73 Å². The third-order valence-corrected chi connectivity index (χ3v) is 9.57. The molecule has 170 valence electrons. The summed E-state index contributed by atoms with van der Waals surface area (Å²) in [4.78, 5) is 23.0. The van der Waals surface area contributed by atoms with E-state index in [0.29, 0.717) is 29.4 Å². The Labute approximate surface area is 199 Å². The number of sulfonamides is 1. The number of aromatic nitrogens is 2. The summed E-state index contributed by atoms with van der Waals surface area (Å²) in [5.41, 5.74) is 7.47. The van der Waals surface area contributed by atoms with Crippen molar-refractivity contribution in [2.75, 3.05) is 18.8 Å². The summed E-state index contributed by atoms with van der Waals surface area (Å²) in [6, 6.07) is 11.7. The molecule has 0 radical (unpaired) electrons. The SMILES string of the molecule is C[C@H]1C(=O)N(Cc2ccc3c(N)ncnc3c2)CCN1S(=O)(=O)c1cc2ccc(Cl)cc2s1. The lowest BCUT2D eigenvalue weighted by atomic mass is 10.1. The maximum atomic E-state index is 13.3. The number of hydrogen-bond donors (Lipinski definition) is 1. The van der Waals surface area contributed by atoms with Gasteiger partial charge >= 0.3 is 0 Å². The van der Waals surface area contributed by atoms with Crippen LogP contribution >= 0.6 is 22.9 Å². The molecule has 1 amide bonds. The van der Waals surface area contributed by atoms with Crippen LogP contribution in [0.5, 0.6) is 0 Å². The quantitative estimate of drug-likeness (QED) is 0.458. The molecule has 0 aliphatic carbocycles. The monoisotopic (exact) mass is 501 g/mol. The van der Waals surface area contributed by atoms with Gasteiger partial charge in [-0.05, 0) is 48.2 Å². The Balaban J connectivity index is 1.37. The number of thiophene rings is 1. The van der Waals surface area contributed by atoms with Crippen molar-refractivity contribution >= 4 is 65.7 Å². The number of carbonyl (C=O) groups excluding carboxylic acids is 1. The number of benzene rings is 2. The molecule has 1 saturated heterocycles. The number of hydrogen-bond acceptors (Lipinski definition) is 7. The van der Waals surface area contributed by atoms with Crippen molar-refractivity contribution < 1.29 is 13.2 Å². The van der Waals surface area contributed by atoms with Crippen LogP contribution in [0.15, 0.2) is 53.0 Å². The maximum absolute atomic E-state index is 13.3. The van der Waals surface area contributed by atoms with Crippen molar-refractivity contribution in [3.8, 4) is 0 Å². The average molecular weight is 502 g/mol. The van der Waals surface area contributed by atoms with E-state index in [1.54, 1.807) is 36.1 Å². The summed E-state index contributed by atoms with van der Waals surface area (Å²) in [5.74, 6) is 0.162. The number of carbonyl (C=O) groups is 1. The Morgan fingerprint density at radius 3 is 2.79 bits per heavy atom. The number of rotatable bonds is 4. The first-order chi connectivity index (χ1) is 15.7. The zero-order valence-electron chi connectivity index (χ0n) is 17.6. The average Bonchev–Trinajstić information content (AvgIpc) is 3.21. The van der Waals surface area contributed by atoms with Gasteiger partial charge in [-0.2, -0.15) is 4.31 Å². The molecular weight excluding hydrogens is 482 g/mol. The minimum absolute atomic E-state index is 0.208. The van der Waals surface area contributed by atoms with Crippen molar-refractivity contribution in [2.24, 2.45) is 0 Å². The van der Waals surface area contributed by atoms with Gasteiger partial charge in [-0.3, -0.25) is 4.79 Å². The van der Waals surface area contributed by atoms with E-state index in [1.165, 1.54) is 10.6 Å². The number of nitrogens with two attached hydrogens (primary N) is 1. The van der Waals surface area contributed by atoms with Gasteiger partial charge in [-0.15, -0.1) is 11.3 Å². The molecule has 33 heavy (non-hydrogen) atoms. The maximum Gasteiger partial charge on any atom is 0.253 e. The van der Waals surface area contributed by atoms with Crippen molar-refractivity contribution in [1.82, 2.24) is 19.2 Å². The van der Waals surface area contributed by atoms with E-state index in [1.807, 2.05) is 18.2 Å². The molecule has 8 nitrogen and oxygen atoms in total. The van der Waals surface area contributed by atoms with Gasteiger partial charge in [0, 0.05) is 34.7 Å². The van der Waals surface area contributed by atoms with Gasteiger partial charge in [0.1, 0.15) is 22.4 Å². The summed E-state index contributed by atoms with van der Waals surface area (Å²) in [7, 11) is -3.82. The Morgan fingerprint density at radius 1 is 1.15 bits per heavy atom. The molecular formula is C22H20ClN5O3S2. The highest BCUT2D eigenvalue weighted by atomic mass is 35.5. The van der Waals surface area contributed by atoms with Gasteiger partial charge in [0.2, 0.25) is 5.91 Å². The lowest BCUT2D eigenvalue weighted by molar-refractivity contribution is -0.138. The van der Waals surface area contributed by atoms with Gasteiger partial charge in [0.25, 0.3) is 10.0 Å². The second-order valence-electron chi connectivity index (χ2n) is 7.91. The van der Waals surface area contributed by atoms with Crippen LogP contribution in [0.2, 0.25) is 5.02 Å². The van der Waals surface area contributed by atoms with Crippen LogP contribution in [0.1, 0.15) is 12.5 Å². The number of amides is 1. The molecule has 1 atom stereocenters. The molecule has 0 spiro atoms. The Morgan fingerprint density at radius 2 is 1.97 bits per heavy atom. The third kappa shape index (κ3) is 3.93. The standard InChI is InChI=1S/C22H20ClN5O3S2/c1-13-22(29)27(11-14-2-5-17-18(8-14)25-12-26-21(17)24)6-7-28(13)33(30,31)20-9-15-3-4-16(23)10-19(15)32-20/h2-5,8-10,12-13H,6-7,11H2,1H3,(H2,24,25,26)/t13-/m0/s1. The Hall–Kier alpha value is -2.79. The minimum Gasteiger partial charge on any atom is -0.383 e. The molecule has 3 heterocycles. The van der Waals surface area contributed by atoms with Crippen molar-refractivity contribution in [3.05, 3.63) is 59.4 Å². The molecule has 0 unspecified atom stereocenters. The lowest BCUT2D eigenvalue weighted by Gasteiger charge is -2.38. The van der Waals surface area contributed by atoms with Crippen LogP contribution in [-0.4, -0.2) is 52.6 Å². The number of nitrogens with zero attached hydrogens (tertiary/aromatic N) is 4. The number of fused-ring (bicyclic) bond motifs is 2. The summed E-state index contributed by atoms with van der Waals surface area (Å²) < 4.78 is 29.0. The lowest BCUT2D eigenvalue weighted by Crippen LogP contribution is -2.56. The number of nitrogen functional groups attached to an aromatic ring is 1. The summed E-state index contributed by atoms with van der Waals surface area (Å²) in [6.45, 7) is 2.50. The molecule has 2 aromatic heterocycles. The van der Waals surface area contributed by atoms with E-state index in [0.717, 1.165) is 32.4 Å². The minimum atomic E-state index is -3.82. The zero-order chi connectivity index (χ0) is 23.3. The Bertz CT molecular complexity index is 1500. The topological polar surface area (TPSA) is 109 Å². The van der Waals surface area contributed by atoms with Crippen molar-refractivity contribution in [3.63, 3.8) is 0 Å². The van der Waals surface area contributed by atoms with Gasteiger partial charge in [0.15, 0.2) is 0 Å². The van der Waals surface area contributed by atoms with Crippen LogP contribution in [0.3, 0.4) is 0 Å². The summed E-state index contributed by atoms with van der Waals surface area (Å²) in [6.07, 6.45) is 1.40. The highest BCUT2D eigenvalue weighted by Gasteiger charge is 2.39. The van der Waals surface area contributed by atoms with Gasteiger partial charge in [0.05, 0.1) is 5.52 Å². The second-order valence-corrected chi connectivity index (χ2v) is 11.5. The number of piperazine rings is 1. The van der Waals surface area contributed by atoms with E-state index in [2.05, 4.69) is 9.97 Å². The fraction of sp³-hybridized carbons (Fsp3) is 0.227. The van der Waals surface area contributed by atoms with E-state index >= 15 is 0 Å². The van der Waals surface area contributed by atoms with Gasteiger partial charge in [-0.1, -0.05) is 23.7 Å². The summed E-state index contributed by atoms with van der Waals surface area (Å²) in [5, 5.41) is 2.11. The fourth-order valence-corrected chi connectivity index (χ4v) is 7.44. The fourth-order valence-electron chi connectivity index (χ4n) is 4.06. The molecule has 2 N–H and O–H groups in total. The van der Waals surface area contributed by atoms with Gasteiger partial charge in [-0.25, -0.2) is 18.4 Å². The van der Waals surface area contributed by atoms with Crippen molar-refractivity contribution in [2.45, 2.75) is 23.7 Å². The largest absolute Gasteiger partial charge is 0.383 e. The molecule has 1 aliphatic heterocycles. The molecule has 0 bridgehead atoms. The first-order valence-electron chi connectivity index (χ1n) is 10.2. The van der Waals surface area contributed by atoms with Crippen LogP contribution in [0, 0.1) is 0 Å². The molecule has 4 aromatic rings. The molecule has 2 aromatic carbocycles. The highest BCUT2D eigenvalue weighted by Crippen LogP contribution is 2.34. The molecule has 1 aliphatic rings. The van der Waals surface area contributed by atoms with E-state index in [9.17, 15) is 13.2 Å². The van der Waals surface area contributed by atoms with Crippen LogP contribution in [0.4, 0.5) is 5.82 Å². The molecule has 5 rings (SSSR count). The third-order valence-electron chi connectivity index (χ3n) is 5.82. The Kier molecular flexibility index (Phi) is 5.48. The normalized spacial score (nSPS) is 17.8. The van der Waals surface area contributed by atoms with Crippen molar-refractivity contribution in [1.29, 1.82) is 0 Å². The summed E-state index contributed by atoms with van der Waals surface area (Å²) >= 11 is 7.20. The van der Waals surface area contributed by atoms with E-state index < -0.39 is 16.1 Å². The predicted molar refractivity (Wildman–Crippen MR) is 130 cm³/mol. The van der Waals surface area contributed by atoms with E-state index in [-0.39, 0.29) is 16.7 Å². The van der Waals surface area contributed by atoms with E-state index in [4.69, 9.17) is 17.3 Å². The number of anilines is 1. The van der Waals surface area contributed by atoms with Crippen LogP contribution in [-0.2, 0) is 21.4 Å². The molecule has 11 heteroatoms. The van der Waals surface area contributed by atoms with Gasteiger partial charge < -0.3 is 10.6 Å². The number of halogens is 1. The highest BCUT2D eigenvalue weighted by molar-refractivity contribution is 7.91. The van der Waals surface area contributed by atoms with Crippen LogP contribution in [0.25, 0.3) is 21.0 Å². The zero-order valence-corrected chi connectivity index (χ0v) is 20.0.